The first-order chi connectivity index (χ1) is 8.72. The summed E-state index contributed by atoms with van der Waals surface area (Å²) in [6.45, 7) is 4.07. The average Bonchev–Trinajstić information content (AvgIpc) is 2.80. The fraction of sp³-hybridized carbons (Fsp3) is 0.500. The van der Waals surface area contributed by atoms with Gasteiger partial charge in [0.15, 0.2) is 0 Å². The molecule has 1 unspecified atom stereocenters. The van der Waals surface area contributed by atoms with E-state index in [0.29, 0.717) is 13.2 Å². The fourth-order valence-corrected chi connectivity index (χ4v) is 2.44. The number of carboxylic acids is 1. The van der Waals surface area contributed by atoms with Crippen LogP contribution in [0.1, 0.15) is 25.3 Å². The molecule has 1 aromatic carbocycles. The quantitative estimate of drug-likeness (QED) is 0.868. The van der Waals surface area contributed by atoms with E-state index in [0.717, 1.165) is 30.7 Å². The fourth-order valence-electron chi connectivity index (χ4n) is 2.44. The summed E-state index contributed by atoms with van der Waals surface area (Å²) in [5.41, 5.74) is 1.06. The van der Waals surface area contributed by atoms with Gasteiger partial charge in [-0.2, -0.15) is 0 Å². The molecule has 0 spiro atoms. The van der Waals surface area contributed by atoms with Crippen LogP contribution in [0.3, 0.4) is 0 Å². The monoisotopic (exact) mass is 249 g/mol. The predicted molar refractivity (Wildman–Crippen MR) is 68.7 cm³/mol. The number of ether oxygens (including phenoxy) is 1. The summed E-state index contributed by atoms with van der Waals surface area (Å²) in [6, 6.07) is 7.49. The first-order valence-corrected chi connectivity index (χ1v) is 6.40. The number of benzene rings is 1. The largest absolute Gasteiger partial charge is 0.494 e. The number of likely N-dealkylation sites (tertiary alicyclic amines) is 1. The molecule has 0 radical (unpaired) electrons. The van der Waals surface area contributed by atoms with E-state index in [1.807, 2.05) is 36.1 Å². The van der Waals surface area contributed by atoms with Gasteiger partial charge in [0, 0.05) is 12.1 Å². The van der Waals surface area contributed by atoms with Crippen LogP contribution in [0.25, 0.3) is 0 Å². The van der Waals surface area contributed by atoms with Crippen molar-refractivity contribution in [1.82, 2.24) is 4.90 Å². The third-order valence-corrected chi connectivity index (χ3v) is 3.29. The summed E-state index contributed by atoms with van der Waals surface area (Å²) in [5, 5.41) is 9.16. The molecule has 1 atom stereocenters. The maximum atomic E-state index is 11.1. The van der Waals surface area contributed by atoms with Crippen LogP contribution in [-0.2, 0) is 11.3 Å². The highest BCUT2D eigenvalue weighted by Gasteiger charge is 2.30. The first kappa shape index (κ1) is 12.9. The standard InChI is InChI=1S/C14H19NO3/c1-2-18-13-8-4-3-6-11(13)10-15-9-5-7-12(15)14(16)17/h3-4,6,8,12H,2,5,7,9-10H2,1H3,(H,16,17). The minimum Gasteiger partial charge on any atom is -0.494 e. The Morgan fingerprint density at radius 1 is 1.50 bits per heavy atom. The van der Waals surface area contributed by atoms with Gasteiger partial charge < -0.3 is 9.84 Å². The van der Waals surface area contributed by atoms with Gasteiger partial charge in [-0.25, -0.2) is 0 Å². The van der Waals surface area contributed by atoms with Gasteiger partial charge in [0.1, 0.15) is 11.8 Å². The predicted octanol–water partition coefficient (Wildman–Crippen LogP) is 2.13. The maximum absolute atomic E-state index is 11.1. The van der Waals surface area contributed by atoms with Gasteiger partial charge in [-0.3, -0.25) is 9.69 Å². The van der Waals surface area contributed by atoms with E-state index in [2.05, 4.69) is 0 Å². The first-order valence-electron chi connectivity index (χ1n) is 6.40. The Morgan fingerprint density at radius 3 is 3.00 bits per heavy atom. The van der Waals surface area contributed by atoms with Crippen molar-refractivity contribution >= 4 is 5.97 Å². The molecule has 4 heteroatoms. The van der Waals surface area contributed by atoms with Gasteiger partial charge in [-0.05, 0) is 32.4 Å². The van der Waals surface area contributed by atoms with Crippen LogP contribution in [0.5, 0.6) is 5.75 Å². The molecule has 1 fully saturated rings. The third kappa shape index (κ3) is 2.82. The lowest BCUT2D eigenvalue weighted by molar-refractivity contribution is -0.142. The van der Waals surface area contributed by atoms with Crippen LogP contribution in [0.4, 0.5) is 0 Å². The van der Waals surface area contributed by atoms with Crippen molar-refractivity contribution in [2.24, 2.45) is 0 Å². The summed E-state index contributed by atoms with van der Waals surface area (Å²) in [5.74, 6) is 0.137. The Labute approximate surface area is 107 Å². The average molecular weight is 249 g/mol. The Morgan fingerprint density at radius 2 is 2.28 bits per heavy atom. The van der Waals surface area contributed by atoms with Crippen molar-refractivity contribution in [3.63, 3.8) is 0 Å². The lowest BCUT2D eigenvalue weighted by Gasteiger charge is -2.22. The van der Waals surface area contributed by atoms with Crippen molar-refractivity contribution in [1.29, 1.82) is 0 Å². The lowest BCUT2D eigenvalue weighted by Crippen LogP contribution is -2.35. The molecular formula is C14H19NO3. The molecule has 1 saturated heterocycles. The summed E-state index contributed by atoms with van der Waals surface area (Å²) >= 11 is 0. The number of aliphatic carboxylic acids is 1. The molecule has 1 aliphatic rings. The molecule has 98 valence electrons. The summed E-state index contributed by atoms with van der Waals surface area (Å²) in [4.78, 5) is 13.2. The highest BCUT2D eigenvalue weighted by molar-refractivity contribution is 5.73. The Kier molecular flexibility index (Phi) is 4.20. The van der Waals surface area contributed by atoms with Crippen molar-refractivity contribution in [3.05, 3.63) is 29.8 Å². The molecule has 0 saturated carbocycles. The smallest absolute Gasteiger partial charge is 0.320 e. The molecule has 18 heavy (non-hydrogen) atoms. The van der Waals surface area contributed by atoms with Gasteiger partial charge in [0.25, 0.3) is 0 Å². The molecule has 4 nitrogen and oxygen atoms in total. The van der Waals surface area contributed by atoms with Crippen LogP contribution in [-0.4, -0.2) is 35.2 Å². The molecule has 0 bridgehead atoms. The van der Waals surface area contributed by atoms with E-state index in [1.165, 1.54) is 0 Å². The van der Waals surface area contributed by atoms with E-state index in [9.17, 15) is 4.79 Å². The number of carbonyl (C=O) groups is 1. The minimum atomic E-state index is -0.721. The van der Waals surface area contributed by atoms with E-state index in [4.69, 9.17) is 9.84 Å². The summed E-state index contributed by atoms with van der Waals surface area (Å²) in [6.07, 6.45) is 1.69. The SMILES string of the molecule is CCOc1ccccc1CN1CCCC1C(=O)O. The molecule has 0 aliphatic carbocycles. The molecule has 2 rings (SSSR count). The summed E-state index contributed by atoms with van der Waals surface area (Å²) in [7, 11) is 0. The minimum absolute atomic E-state index is 0.348. The van der Waals surface area contributed by atoms with Gasteiger partial charge >= 0.3 is 5.97 Å². The second-order valence-electron chi connectivity index (χ2n) is 4.51. The van der Waals surface area contributed by atoms with Gasteiger partial charge in [-0.1, -0.05) is 18.2 Å². The van der Waals surface area contributed by atoms with Crippen LogP contribution >= 0.6 is 0 Å². The molecule has 1 heterocycles. The number of hydrogen-bond acceptors (Lipinski definition) is 3. The topological polar surface area (TPSA) is 49.8 Å². The second kappa shape index (κ2) is 5.87. The normalized spacial score (nSPS) is 19.9. The van der Waals surface area contributed by atoms with Crippen molar-refractivity contribution in [2.45, 2.75) is 32.4 Å². The summed E-state index contributed by atoms with van der Waals surface area (Å²) < 4.78 is 5.57. The van der Waals surface area contributed by atoms with E-state index >= 15 is 0 Å². The second-order valence-corrected chi connectivity index (χ2v) is 4.51. The van der Waals surface area contributed by atoms with Crippen LogP contribution in [0, 0.1) is 0 Å². The van der Waals surface area contributed by atoms with Gasteiger partial charge in [0.05, 0.1) is 6.61 Å². The van der Waals surface area contributed by atoms with Crippen LogP contribution in [0.15, 0.2) is 24.3 Å². The molecule has 0 amide bonds. The van der Waals surface area contributed by atoms with E-state index < -0.39 is 5.97 Å². The van der Waals surface area contributed by atoms with Crippen LogP contribution < -0.4 is 4.74 Å². The van der Waals surface area contributed by atoms with Gasteiger partial charge in [0.2, 0.25) is 0 Å². The maximum Gasteiger partial charge on any atom is 0.320 e. The molecule has 0 aromatic heterocycles. The lowest BCUT2D eigenvalue weighted by atomic mass is 10.1. The Bertz CT molecular complexity index is 419. The van der Waals surface area contributed by atoms with Crippen molar-refractivity contribution < 1.29 is 14.6 Å². The zero-order valence-corrected chi connectivity index (χ0v) is 10.6. The highest BCUT2D eigenvalue weighted by Crippen LogP contribution is 2.25. The van der Waals surface area contributed by atoms with Crippen molar-refractivity contribution in [3.8, 4) is 5.75 Å². The number of nitrogens with zero attached hydrogens (tertiary/aromatic N) is 1. The number of para-hydroxylation sites is 1. The molecule has 1 aromatic rings. The zero-order chi connectivity index (χ0) is 13.0. The number of carboxylic acid groups (broad SMARTS) is 1. The molecular weight excluding hydrogens is 230 g/mol. The molecule has 1 N–H and O–H groups in total. The zero-order valence-electron chi connectivity index (χ0n) is 10.6. The highest BCUT2D eigenvalue weighted by atomic mass is 16.5. The van der Waals surface area contributed by atoms with Crippen molar-refractivity contribution in [2.75, 3.05) is 13.2 Å². The number of rotatable bonds is 5. The Balaban J connectivity index is 2.11. The van der Waals surface area contributed by atoms with E-state index in [1.54, 1.807) is 0 Å². The Hall–Kier alpha value is -1.55. The van der Waals surface area contributed by atoms with Crippen LogP contribution in [0.2, 0.25) is 0 Å². The van der Waals surface area contributed by atoms with Gasteiger partial charge in [-0.15, -0.1) is 0 Å². The third-order valence-electron chi connectivity index (χ3n) is 3.29. The molecule has 1 aliphatic heterocycles. The number of hydrogen-bond donors (Lipinski definition) is 1. The van der Waals surface area contributed by atoms with E-state index in [-0.39, 0.29) is 6.04 Å².